The van der Waals surface area contributed by atoms with Gasteiger partial charge in [-0.1, -0.05) is 30.3 Å². The molecule has 2 saturated heterocycles. The van der Waals surface area contributed by atoms with Crippen LogP contribution in [0.5, 0.6) is 0 Å². The van der Waals surface area contributed by atoms with E-state index in [1.165, 1.54) is 17.8 Å². The Labute approximate surface area is 170 Å². The molecule has 2 fully saturated rings. The van der Waals surface area contributed by atoms with Crippen LogP contribution in [0.3, 0.4) is 0 Å². The zero-order valence-corrected chi connectivity index (χ0v) is 16.5. The Kier molecular flexibility index (Phi) is 5.79. The van der Waals surface area contributed by atoms with Gasteiger partial charge >= 0.3 is 0 Å². The molecule has 0 saturated carbocycles. The van der Waals surface area contributed by atoms with Crippen molar-refractivity contribution in [3.8, 4) is 0 Å². The van der Waals surface area contributed by atoms with Crippen molar-refractivity contribution in [2.75, 3.05) is 44.2 Å². The van der Waals surface area contributed by atoms with Crippen molar-refractivity contribution >= 4 is 17.5 Å². The number of hydrogen-bond acceptors (Lipinski definition) is 3. The van der Waals surface area contributed by atoms with Crippen LogP contribution in [0, 0.1) is 11.7 Å². The maximum Gasteiger partial charge on any atom is 0.256 e. The van der Waals surface area contributed by atoms with Crippen LogP contribution in [0.1, 0.15) is 23.2 Å². The Balaban J connectivity index is 1.36. The van der Waals surface area contributed by atoms with E-state index in [0.29, 0.717) is 26.2 Å². The maximum absolute atomic E-state index is 14.0. The number of nitrogens with zero attached hydrogens (tertiary/aromatic N) is 3. The highest BCUT2D eigenvalue weighted by molar-refractivity contribution is 5.95. The van der Waals surface area contributed by atoms with Crippen LogP contribution in [-0.2, 0) is 4.79 Å². The van der Waals surface area contributed by atoms with E-state index in [-0.39, 0.29) is 23.3 Å². The summed E-state index contributed by atoms with van der Waals surface area (Å²) in [6.07, 6.45) is 1.54. The molecule has 2 aliphatic heterocycles. The molecule has 2 heterocycles. The lowest BCUT2D eigenvalue weighted by Crippen LogP contribution is -2.53. The minimum Gasteiger partial charge on any atom is -0.368 e. The van der Waals surface area contributed by atoms with Gasteiger partial charge < -0.3 is 14.7 Å². The predicted octanol–water partition coefficient (Wildman–Crippen LogP) is 3.03. The topological polar surface area (TPSA) is 43.9 Å². The van der Waals surface area contributed by atoms with Crippen molar-refractivity contribution in [3.63, 3.8) is 0 Å². The Bertz CT molecular complexity index is 865. The number of rotatable bonds is 3. The fourth-order valence-corrected chi connectivity index (χ4v) is 4.25. The smallest absolute Gasteiger partial charge is 0.256 e. The maximum atomic E-state index is 14.0. The van der Waals surface area contributed by atoms with Gasteiger partial charge in [0, 0.05) is 45.0 Å². The molecule has 0 aliphatic carbocycles. The highest BCUT2D eigenvalue weighted by Crippen LogP contribution is 2.23. The van der Waals surface area contributed by atoms with E-state index in [0.717, 1.165) is 25.9 Å². The van der Waals surface area contributed by atoms with Crippen molar-refractivity contribution in [3.05, 3.63) is 66.0 Å². The van der Waals surface area contributed by atoms with Crippen LogP contribution in [0.2, 0.25) is 0 Å². The third-order valence-corrected chi connectivity index (χ3v) is 5.87. The van der Waals surface area contributed by atoms with Gasteiger partial charge in [0.25, 0.3) is 5.91 Å². The summed E-state index contributed by atoms with van der Waals surface area (Å²) in [5, 5.41) is 0. The molecule has 2 aromatic carbocycles. The summed E-state index contributed by atoms with van der Waals surface area (Å²) in [6, 6.07) is 16.3. The largest absolute Gasteiger partial charge is 0.368 e. The minimum atomic E-state index is -0.511. The zero-order valence-electron chi connectivity index (χ0n) is 16.5. The first-order chi connectivity index (χ1) is 14.1. The molecule has 5 nitrogen and oxygen atoms in total. The average molecular weight is 395 g/mol. The summed E-state index contributed by atoms with van der Waals surface area (Å²) in [7, 11) is 0. The third kappa shape index (κ3) is 4.26. The van der Waals surface area contributed by atoms with Crippen molar-refractivity contribution in [1.82, 2.24) is 9.80 Å². The third-order valence-electron chi connectivity index (χ3n) is 5.87. The summed E-state index contributed by atoms with van der Waals surface area (Å²) in [5.74, 6) is -0.927. The van der Waals surface area contributed by atoms with Crippen molar-refractivity contribution < 1.29 is 14.0 Å². The van der Waals surface area contributed by atoms with Crippen LogP contribution in [0.4, 0.5) is 10.1 Å². The highest BCUT2D eigenvalue weighted by atomic mass is 19.1. The van der Waals surface area contributed by atoms with Gasteiger partial charge in [-0.3, -0.25) is 9.59 Å². The van der Waals surface area contributed by atoms with E-state index in [2.05, 4.69) is 17.0 Å². The molecule has 6 heteroatoms. The van der Waals surface area contributed by atoms with Crippen molar-refractivity contribution in [2.24, 2.45) is 5.92 Å². The van der Waals surface area contributed by atoms with Crippen molar-refractivity contribution in [1.29, 1.82) is 0 Å². The number of piperidine rings is 1. The second-order valence-electron chi connectivity index (χ2n) is 7.72. The lowest BCUT2D eigenvalue weighted by Gasteiger charge is -2.39. The highest BCUT2D eigenvalue weighted by Gasteiger charge is 2.33. The fraction of sp³-hybridized carbons (Fsp3) is 0.391. The molecule has 2 amide bonds. The number of piperazine rings is 1. The van der Waals surface area contributed by atoms with E-state index in [9.17, 15) is 14.0 Å². The van der Waals surface area contributed by atoms with Gasteiger partial charge in [0.2, 0.25) is 5.91 Å². The molecule has 0 spiro atoms. The Morgan fingerprint density at radius 2 is 1.52 bits per heavy atom. The predicted molar refractivity (Wildman–Crippen MR) is 110 cm³/mol. The standard InChI is InChI=1S/C23H26FN3O2/c24-21-11-5-4-10-20(21)23(29)27-12-6-7-18(17-27)22(28)26-15-13-25(14-16-26)19-8-2-1-3-9-19/h1-5,8-11,18H,6-7,12-17H2/t18-/m1/s1. The molecule has 0 N–H and O–H groups in total. The Hall–Kier alpha value is -2.89. The zero-order chi connectivity index (χ0) is 20.2. The molecule has 2 aliphatic rings. The average Bonchev–Trinajstić information content (AvgIpc) is 2.79. The first kappa shape index (κ1) is 19.4. The number of anilines is 1. The number of para-hydroxylation sites is 1. The summed E-state index contributed by atoms with van der Waals surface area (Å²) in [5.41, 5.74) is 1.26. The van der Waals surface area contributed by atoms with Gasteiger partial charge in [-0.15, -0.1) is 0 Å². The van der Waals surface area contributed by atoms with Gasteiger partial charge in [-0.2, -0.15) is 0 Å². The molecule has 0 unspecified atom stereocenters. The number of benzene rings is 2. The molecule has 1 atom stereocenters. The summed E-state index contributed by atoms with van der Waals surface area (Å²) >= 11 is 0. The molecule has 0 radical (unpaired) electrons. The molecule has 152 valence electrons. The normalized spacial score (nSPS) is 19.9. The quantitative estimate of drug-likeness (QED) is 0.803. The van der Waals surface area contributed by atoms with Crippen molar-refractivity contribution in [2.45, 2.75) is 12.8 Å². The minimum absolute atomic E-state index is 0.0806. The van der Waals surface area contributed by atoms with Gasteiger partial charge in [0.1, 0.15) is 5.82 Å². The van der Waals surface area contributed by atoms with E-state index >= 15 is 0 Å². The Morgan fingerprint density at radius 1 is 0.828 bits per heavy atom. The molecule has 2 aromatic rings. The van der Waals surface area contributed by atoms with E-state index < -0.39 is 5.82 Å². The number of hydrogen-bond donors (Lipinski definition) is 0. The van der Waals surface area contributed by atoms with Gasteiger partial charge in [0.05, 0.1) is 11.5 Å². The summed E-state index contributed by atoms with van der Waals surface area (Å²) in [6.45, 7) is 3.92. The number of amides is 2. The van der Waals surface area contributed by atoms with Crippen LogP contribution in [0.25, 0.3) is 0 Å². The van der Waals surface area contributed by atoms with E-state index in [4.69, 9.17) is 0 Å². The molecular weight excluding hydrogens is 369 g/mol. The fourth-order valence-electron chi connectivity index (χ4n) is 4.25. The Morgan fingerprint density at radius 3 is 2.24 bits per heavy atom. The van der Waals surface area contributed by atoms with Crippen LogP contribution < -0.4 is 4.90 Å². The van der Waals surface area contributed by atoms with Crippen LogP contribution in [0.15, 0.2) is 54.6 Å². The van der Waals surface area contributed by atoms with Crippen LogP contribution in [-0.4, -0.2) is 60.9 Å². The lowest BCUT2D eigenvalue weighted by atomic mass is 9.95. The molecular formula is C23H26FN3O2. The van der Waals surface area contributed by atoms with E-state index in [1.807, 2.05) is 23.1 Å². The second-order valence-corrected chi connectivity index (χ2v) is 7.72. The first-order valence-corrected chi connectivity index (χ1v) is 10.3. The number of carbonyl (C=O) groups is 2. The number of carbonyl (C=O) groups excluding carboxylic acids is 2. The first-order valence-electron chi connectivity index (χ1n) is 10.3. The lowest BCUT2D eigenvalue weighted by molar-refractivity contribution is -0.137. The monoisotopic (exact) mass is 395 g/mol. The van der Waals surface area contributed by atoms with Crippen LogP contribution >= 0.6 is 0 Å². The van der Waals surface area contributed by atoms with E-state index in [1.54, 1.807) is 17.0 Å². The van der Waals surface area contributed by atoms with Gasteiger partial charge in [-0.25, -0.2) is 4.39 Å². The van der Waals surface area contributed by atoms with Gasteiger partial charge in [-0.05, 0) is 37.1 Å². The number of halogens is 1. The SMILES string of the molecule is O=C(c1ccccc1F)N1CCC[C@@H](C(=O)N2CCN(c3ccccc3)CC2)C1. The van der Waals surface area contributed by atoms with Gasteiger partial charge in [0.15, 0.2) is 0 Å². The molecule has 0 bridgehead atoms. The number of likely N-dealkylation sites (tertiary alicyclic amines) is 1. The summed E-state index contributed by atoms with van der Waals surface area (Å²) in [4.78, 5) is 31.6. The second kappa shape index (κ2) is 8.64. The molecule has 29 heavy (non-hydrogen) atoms. The summed E-state index contributed by atoms with van der Waals surface area (Å²) < 4.78 is 14.0. The molecule has 4 rings (SSSR count). The molecule has 0 aromatic heterocycles.